The molecule has 178 valence electrons. The molecule has 34 heavy (non-hydrogen) atoms. The molecule has 2 N–H and O–H groups in total. The average Bonchev–Trinajstić information content (AvgIpc) is 3.45. The number of ether oxygens (including phenoxy) is 2. The molecule has 0 atom stereocenters. The average molecular weight is 484 g/mol. The number of fused-ring (bicyclic) bond motifs is 2. The van der Waals surface area contributed by atoms with Crippen LogP contribution < -0.4 is 14.8 Å². The topological polar surface area (TPSA) is 103 Å². The Morgan fingerprint density at radius 3 is 2.71 bits per heavy atom. The van der Waals surface area contributed by atoms with E-state index in [9.17, 15) is 4.39 Å². The minimum atomic E-state index is -0.755. The second-order valence-electron chi connectivity index (χ2n) is 8.45. The Labute approximate surface area is 200 Å². The van der Waals surface area contributed by atoms with E-state index < -0.39 is 6.08 Å². The summed E-state index contributed by atoms with van der Waals surface area (Å²) in [5.74, 6) is 1.89. The highest BCUT2D eigenvalue weighted by atomic mass is 32.2. The van der Waals surface area contributed by atoms with Gasteiger partial charge < -0.3 is 19.4 Å². The molecule has 4 aromatic rings. The number of H-pyrrole nitrogens is 1. The van der Waals surface area contributed by atoms with Crippen molar-refractivity contribution in [2.75, 3.05) is 26.3 Å². The van der Waals surface area contributed by atoms with Crippen LogP contribution in [0.3, 0.4) is 0 Å². The molecule has 0 unspecified atom stereocenters. The van der Waals surface area contributed by atoms with Crippen LogP contribution >= 0.6 is 11.8 Å². The molecule has 3 aromatic heterocycles. The second kappa shape index (κ2) is 9.59. The van der Waals surface area contributed by atoms with Crippen LogP contribution in [0.1, 0.15) is 19.5 Å². The van der Waals surface area contributed by atoms with E-state index in [-0.39, 0.29) is 0 Å². The van der Waals surface area contributed by atoms with Gasteiger partial charge in [0.15, 0.2) is 22.3 Å². The highest BCUT2D eigenvalue weighted by molar-refractivity contribution is 7.99. The van der Waals surface area contributed by atoms with Crippen molar-refractivity contribution < 1.29 is 13.9 Å². The monoisotopic (exact) mass is 483 g/mol. The number of hydrogen-bond donors (Lipinski definition) is 2. The first-order valence-corrected chi connectivity index (χ1v) is 12.0. The van der Waals surface area contributed by atoms with E-state index in [1.54, 1.807) is 13.1 Å². The lowest BCUT2D eigenvalue weighted by atomic mass is 10.1. The summed E-state index contributed by atoms with van der Waals surface area (Å²) in [6.45, 7) is 9.24. The molecule has 11 heteroatoms. The highest BCUT2D eigenvalue weighted by Crippen LogP contribution is 2.43. The van der Waals surface area contributed by atoms with E-state index in [1.807, 2.05) is 22.8 Å². The van der Waals surface area contributed by atoms with Crippen molar-refractivity contribution in [2.24, 2.45) is 5.92 Å². The van der Waals surface area contributed by atoms with Crippen LogP contribution in [-0.2, 0) is 6.54 Å². The molecule has 0 saturated carbocycles. The Morgan fingerprint density at radius 2 is 1.97 bits per heavy atom. The van der Waals surface area contributed by atoms with E-state index in [1.165, 1.54) is 11.8 Å². The van der Waals surface area contributed by atoms with Gasteiger partial charge in [-0.1, -0.05) is 25.6 Å². The van der Waals surface area contributed by atoms with Gasteiger partial charge >= 0.3 is 6.08 Å². The van der Waals surface area contributed by atoms with Gasteiger partial charge in [-0.25, -0.2) is 9.97 Å². The van der Waals surface area contributed by atoms with Gasteiger partial charge in [0.05, 0.1) is 11.4 Å². The van der Waals surface area contributed by atoms with Gasteiger partial charge in [-0.3, -0.25) is 5.10 Å². The molecular formula is C23H26FN7O2S. The predicted octanol–water partition coefficient (Wildman–Crippen LogP) is 3.83. The largest absolute Gasteiger partial charge is 0.486 e. The maximum atomic E-state index is 14.1. The molecule has 9 nitrogen and oxygen atoms in total. The third-order valence-corrected chi connectivity index (χ3v) is 6.45. The van der Waals surface area contributed by atoms with Gasteiger partial charge in [-0.2, -0.15) is 14.5 Å². The fourth-order valence-corrected chi connectivity index (χ4v) is 4.87. The first-order chi connectivity index (χ1) is 16.5. The van der Waals surface area contributed by atoms with E-state index >= 15 is 0 Å². The summed E-state index contributed by atoms with van der Waals surface area (Å²) >= 11 is 1.46. The summed E-state index contributed by atoms with van der Waals surface area (Å²) in [6, 6.07) is 5.79. The summed E-state index contributed by atoms with van der Waals surface area (Å²) in [7, 11) is 0. The lowest BCUT2D eigenvalue weighted by Gasteiger charge is -2.20. The molecule has 5 rings (SSSR count). The number of rotatable bonds is 8. The smallest absolute Gasteiger partial charge is 0.310 e. The first kappa shape index (κ1) is 22.6. The van der Waals surface area contributed by atoms with Crippen LogP contribution in [0.5, 0.6) is 11.5 Å². The molecule has 0 bridgehead atoms. The standard InChI is InChI=1S/C23H26FN7O2S/c1-13(2)12-25-6-7-31-21-20(14(3)27-22(24)29-21)28-23(31)34-19-11-18-17(32-8-9-33-18)10-15(19)16-4-5-26-30-16/h4-5,10-11,13,25H,6-9,12H2,1-3H3,(H,26,30). The molecule has 1 aliphatic heterocycles. The summed E-state index contributed by atoms with van der Waals surface area (Å²) in [6.07, 6.45) is 1.02. The quantitative estimate of drug-likeness (QED) is 0.288. The van der Waals surface area contributed by atoms with Crippen molar-refractivity contribution in [3.63, 3.8) is 0 Å². The molecule has 0 saturated heterocycles. The zero-order valence-electron chi connectivity index (χ0n) is 19.3. The number of imidazole rings is 1. The number of aromatic nitrogens is 6. The van der Waals surface area contributed by atoms with Crippen LogP contribution in [0.4, 0.5) is 4.39 Å². The number of hydrogen-bond acceptors (Lipinski definition) is 8. The fraction of sp³-hybridized carbons (Fsp3) is 0.391. The van der Waals surface area contributed by atoms with E-state index in [2.05, 4.69) is 39.3 Å². The number of halogens is 1. The van der Waals surface area contributed by atoms with E-state index in [4.69, 9.17) is 14.5 Å². The van der Waals surface area contributed by atoms with Gasteiger partial charge in [0.2, 0.25) is 0 Å². The molecular weight excluding hydrogens is 457 g/mol. The molecule has 0 amide bonds. The Kier molecular flexibility index (Phi) is 6.38. The Bertz CT molecular complexity index is 1310. The van der Waals surface area contributed by atoms with Gasteiger partial charge in [0, 0.05) is 29.7 Å². The lowest BCUT2D eigenvalue weighted by molar-refractivity contribution is 0.171. The van der Waals surface area contributed by atoms with Crippen LogP contribution in [0.25, 0.3) is 22.4 Å². The van der Waals surface area contributed by atoms with Crippen molar-refractivity contribution in [2.45, 2.75) is 37.4 Å². The minimum absolute atomic E-state index is 0.484. The van der Waals surface area contributed by atoms with Gasteiger partial charge in [-0.05, 0) is 37.6 Å². The van der Waals surface area contributed by atoms with Crippen LogP contribution in [0.15, 0.2) is 34.4 Å². The third-order valence-electron chi connectivity index (χ3n) is 5.39. The van der Waals surface area contributed by atoms with E-state index in [0.717, 1.165) is 22.7 Å². The zero-order chi connectivity index (χ0) is 23.7. The number of benzene rings is 1. The maximum Gasteiger partial charge on any atom is 0.310 e. The molecule has 4 heterocycles. The predicted molar refractivity (Wildman–Crippen MR) is 127 cm³/mol. The summed E-state index contributed by atoms with van der Waals surface area (Å²) in [4.78, 5) is 13.6. The second-order valence-corrected chi connectivity index (χ2v) is 9.46. The molecule has 0 fully saturated rings. The molecule has 0 spiro atoms. The van der Waals surface area contributed by atoms with Crippen molar-refractivity contribution in [1.29, 1.82) is 0 Å². The fourth-order valence-electron chi connectivity index (χ4n) is 3.81. The minimum Gasteiger partial charge on any atom is -0.486 e. The number of aryl methyl sites for hydroxylation is 1. The Morgan fingerprint density at radius 1 is 1.18 bits per heavy atom. The van der Waals surface area contributed by atoms with E-state index in [0.29, 0.717) is 65.7 Å². The van der Waals surface area contributed by atoms with Crippen molar-refractivity contribution in [1.82, 2.24) is 35.0 Å². The van der Waals surface area contributed by atoms with Crippen LogP contribution in [-0.4, -0.2) is 56.0 Å². The SMILES string of the molecule is Cc1nc(F)nc2c1nc(Sc1cc3c(cc1-c1cc[nH]n1)OCCO3)n2CCNCC(C)C. The molecule has 0 radical (unpaired) electrons. The number of nitrogens with zero attached hydrogens (tertiary/aromatic N) is 5. The van der Waals surface area contributed by atoms with Crippen molar-refractivity contribution in [3.8, 4) is 22.8 Å². The van der Waals surface area contributed by atoms with Gasteiger partial charge in [-0.15, -0.1) is 0 Å². The Balaban J connectivity index is 1.57. The van der Waals surface area contributed by atoms with Crippen molar-refractivity contribution in [3.05, 3.63) is 36.2 Å². The summed E-state index contributed by atoms with van der Waals surface area (Å²) in [5, 5.41) is 11.4. The van der Waals surface area contributed by atoms with Crippen molar-refractivity contribution >= 4 is 22.9 Å². The molecule has 1 aliphatic rings. The maximum absolute atomic E-state index is 14.1. The first-order valence-electron chi connectivity index (χ1n) is 11.2. The highest BCUT2D eigenvalue weighted by Gasteiger charge is 2.22. The summed E-state index contributed by atoms with van der Waals surface area (Å²) in [5.41, 5.74) is 3.25. The van der Waals surface area contributed by atoms with Gasteiger partial charge in [0.1, 0.15) is 18.7 Å². The third kappa shape index (κ3) is 4.58. The Hall–Kier alpha value is -3.18. The normalized spacial score (nSPS) is 13.2. The number of nitrogens with one attached hydrogen (secondary N) is 2. The lowest BCUT2D eigenvalue weighted by Crippen LogP contribution is -2.24. The molecule has 1 aromatic carbocycles. The zero-order valence-corrected chi connectivity index (χ0v) is 20.1. The number of aromatic amines is 1. The van der Waals surface area contributed by atoms with Crippen LogP contribution in [0, 0.1) is 18.9 Å². The van der Waals surface area contributed by atoms with Gasteiger partial charge in [0.25, 0.3) is 0 Å². The molecule has 0 aliphatic carbocycles. The summed E-state index contributed by atoms with van der Waals surface area (Å²) < 4.78 is 27.7. The van der Waals surface area contributed by atoms with Crippen LogP contribution in [0.2, 0.25) is 0 Å².